The molecule has 0 saturated heterocycles. The zero-order valence-corrected chi connectivity index (χ0v) is 28.7. The van der Waals surface area contributed by atoms with Crippen molar-refractivity contribution in [1.82, 2.24) is 15.0 Å². The van der Waals surface area contributed by atoms with Crippen LogP contribution < -0.4 is 0 Å². The fourth-order valence-electron chi connectivity index (χ4n) is 5.56. The second-order valence-corrected chi connectivity index (χ2v) is 12.1. The molecule has 4 aromatic carbocycles. The third-order valence-corrected chi connectivity index (χ3v) is 7.62. The molecule has 4 aromatic heterocycles. The third kappa shape index (κ3) is 7.07. The number of fused-ring (bicyclic) bond motifs is 5. The molecule has 5 heteroatoms. The van der Waals surface area contributed by atoms with E-state index in [-0.39, 0.29) is 20.1 Å². The van der Waals surface area contributed by atoms with Gasteiger partial charge in [-0.05, 0) is 58.1 Å². The predicted octanol–water partition coefficient (Wildman–Crippen LogP) is 10.8. The molecule has 0 saturated carbocycles. The fraction of sp³-hybridized carbons (Fsp3) is 0.119. The number of rotatable bonds is 4. The van der Waals surface area contributed by atoms with Gasteiger partial charge in [0.05, 0.1) is 5.58 Å². The molecular weight excluding hydrogens is 755 g/mol. The van der Waals surface area contributed by atoms with Gasteiger partial charge in [-0.2, -0.15) is 0 Å². The van der Waals surface area contributed by atoms with Crippen LogP contribution in [0, 0.1) is 17.5 Å². The summed E-state index contributed by atoms with van der Waals surface area (Å²) < 4.78 is 23.0. The summed E-state index contributed by atoms with van der Waals surface area (Å²) in [5, 5.41) is 4.33. The van der Waals surface area contributed by atoms with E-state index in [0.717, 1.165) is 66.4 Å². The van der Waals surface area contributed by atoms with Crippen molar-refractivity contribution < 1.29 is 27.3 Å². The molecule has 1 radical (unpaired) electrons. The molecule has 0 unspecified atom stereocenters. The van der Waals surface area contributed by atoms with E-state index in [2.05, 4.69) is 39.2 Å². The van der Waals surface area contributed by atoms with Crippen LogP contribution in [0.25, 0.3) is 66.4 Å². The van der Waals surface area contributed by atoms with E-state index in [1.54, 1.807) is 18.6 Å². The molecule has 0 fully saturated rings. The zero-order chi connectivity index (χ0) is 33.3. The average Bonchev–Trinajstić information content (AvgIpc) is 3.52. The van der Waals surface area contributed by atoms with Crippen LogP contribution in [-0.4, -0.2) is 15.0 Å². The maximum Gasteiger partial charge on any atom is 0.128 e. The number of pyridine rings is 3. The first-order valence-corrected chi connectivity index (χ1v) is 15.3. The number of nitrogens with zero attached hydrogens (tertiary/aromatic N) is 3. The van der Waals surface area contributed by atoms with Gasteiger partial charge in [-0.25, -0.2) is 0 Å². The summed E-state index contributed by atoms with van der Waals surface area (Å²) in [5.41, 5.74) is 7.67. The molecule has 4 nitrogen and oxygen atoms in total. The summed E-state index contributed by atoms with van der Waals surface area (Å²) in [6.45, 7) is 5.77. The third-order valence-electron chi connectivity index (χ3n) is 7.62. The number of furan rings is 1. The van der Waals surface area contributed by atoms with E-state index in [1.165, 1.54) is 0 Å². The Labute approximate surface area is 291 Å². The maximum absolute atomic E-state index is 8.39. The molecule has 4 heterocycles. The molecule has 0 atom stereocenters. The first-order valence-electron chi connectivity index (χ1n) is 16.3. The summed E-state index contributed by atoms with van der Waals surface area (Å²) >= 11 is 0. The van der Waals surface area contributed by atoms with Crippen molar-refractivity contribution in [1.29, 1.82) is 0 Å². The van der Waals surface area contributed by atoms with E-state index < -0.39 is 11.8 Å². The van der Waals surface area contributed by atoms with Crippen LogP contribution in [0.1, 0.15) is 29.1 Å². The average molecular weight is 790 g/mol. The zero-order valence-electron chi connectivity index (χ0n) is 28.3. The summed E-state index contributed by atoms with van der Waals surface area (Å²) in [6.07, 6.45) is 5.85. The molecule has 8 aromatic rings. The van der Waals surface area contributed by atoms with Crippen molar-refractivity contribution in [2.24, 2.45) is 5.41 Å². The van der Waals surface area contributed by atoms with Gasteiger partial charge in [0.2, 0.25) is 0 Å². The van der Waals surface area contributed by atoms with Crippen molar-refractivity contribution in [2.45, 2.75) is 27.1 Å². The second-order valence-electron chi connectivity index (χ2n) is 12.1. The monoisotopic (exact) mass is 790 g/mol. The van der Waals surface area contributed by atoms with Crippen molar-refractivity contribution in [3.05, 3.63) is 152 Å². The smallest absolute Gasteiger partial charge is 0.128 e. The van der Waals surface area contributed by atoms with Crippen LogP contribution in [0.3, 0.4) is 0 Å². The van der Waals surface area contributed by atoms with E-state index in [1.807, 2.05) is 124 Å². The molecular formula is C42H33IrN3O-2. The summed E-state index contributed by atoms with van der Waals surface area (Å²) in [7, 11) is 0. The first-order chi connectivity index (χ1) is 23.2. The van der Waals surface area contributed by atoms with Gasteiger partial charge >= 0.3 is 0 Å². The van der Waals surface area contributed by atoms with E-state index >= 15 is 0 Å². The van der Waals surface area contributed by atoms with Gasteiger partial charge < -0.3 is 14.4 Å². The number of benzene rings is 4. The minimum absolute atomic E-state index is 0. The molecule has 0 spiro atoms. The number of hydrogen-bond acceptors (Lipinski definition) is 4. The molecule has 0 aliphatic heterocycles. The van der Waals surface area contributed by atoms with E-state index in [9.17, 15) is 0 Å². The topological polar surface area (TPSA) is 51.8 Å². The largest absolute Gasteiger partial charge is 0.500 e. The molecule has 0 amide bonds. The Balaban J connectivity index is 0.000000167. The Morgan fingerprint density at radius 3 is 2.26 bits per heavy atom. The summed E-state index contributed by atoms with van der Waals surface area (Å²) in [5.74, 6) is 0. The van der Waals surface area contributed by atoms with Crippen LogP contribution >= 0.6 is 0 Å². The molecule has 0 N–H and O–H groups in total. The van der Waals surface area contributed by atoms with Crippen LogP contribution in [-0.2, 0) is 26.5 Å². The van der Waals surface area contributed by atoms with Crippen molar-refractivity contribution in [2.75, 3.05) is 0 Å². The Morgan fingerprint density at radius 2 is 1.49 bits per heavy atom. The Bertz CT molecular complexity index is 2350. The predicted molar refractivity (Wildman–Crippen MR) is 188 cm³/mol. The van der Waals surface area contributed by atoms with Crippen LogP contribution in [0.2, 0.25) is 0 Å². The van der Waals surface area contributed by atoms with Crippen molar-refractivity contribution >= 4 is 32.7 Å². The molecule has 0 bridgehead atoms. The van der Waals surface area contributed by atoms with Gasteiger partial charge in [0.15, 0.2) is 0 Å². The quantitative estimate of drug-likeness (QED) is 0.167. The molecule has 8 rings (SSSR count). The fourth-order valence-corrected chi connectivity index (χ4v) is 5.56. The standard InChI is InChI=1S/C22H22N.C20H11N2O.Ir/c1-22(2,3)16-17-9-11-18(12-10-17)20-13-14-23-21(15-20)19-7-5-4-6-8-19;1-2-10-22-18(6-1)17-5-3-4-15-16-8-7-13-12-21-11-9-14(13)19(16)23-20(15)17;/h4-7,9-15H,16H2,1-3H3;1-4,6-12H;/q2*-1;/i16D2;;. The van der Waals surface area contributed by atoms with Gasteiger partial charge in [0.25, 0.3) is 0 Å². The minimum atomic E-state index is -1.38. The van der Waals surface area contributed by atoms with Crippen LogP contribution in [0.15, 0.2) is 138 Å². The van der Waals surface area contributed by atoms with Gasteiger partial charge in [0, 0.05) is 63.8 Å². The Kier molecular flexibility index (Phi) is 8.65. The molecule has 233 valence electrons. The van der Waals surface area contributed by atoms with Gasteiger partial charge in [-0.1, -0.05) is 86.3 Å². The maximum atomic E-state index is 8.39. The van der Waals surface area contributed by atoms with E-state index in [4.69, 9.17) is 7.16 Å². The van der Waals surface area contributed by atoms with Crippen molar-refractivity contribution in [3.8, 4) is 33.6 Å². The van der Waals surface area contributed by atoms with Gasteiger partial charge in [-0.3, -0.25) is 4.98 Å². The number of aromatic nitrogens is 3. The Morgan fingerprint density at radius 1 is 0.681 bits per heavy atom. The van der Waals surface area contributed by atoms with Gasteiger partial charge in [0.1, 0.15) is 5.58 Å². The normalized spacial score (nSPS) is 12.1. The molecule has 47 heavy (non-hydrogen) atoms. The van der Waals surface area contributed by atoms with Gasteiger partial charge in [-0.15, -0.1) is 54.1 Å². The Hall–Kier alpha value is -4.96. The summed E-state index contributed by atoms with van der Waals surface area (Å²) in [4.78, 5) is 13.0. The van der Waals surface area contributed by atoms with Crippen LogP contribution in [0.5, 0.6) is 0 Å². The molecule has 0 aliphatic rings. The minimum Gasteiger partial charge on any atom is -0.500 e. The second kappa shape index (κ2) is 13.8. The van der Waals surface area contributed by atoms with Crippen molar-refractivity contribution in [3.63, 3.8) is 0 Å². The molecule has 0 aliphatic carbocycles. The van der Waals surface area contributed by atoms with E-state index in [0.29, 0.717) is 5.56 Å². The summed E-state index contributed by atoms with van der Waals surface area (Å²) in [6, 6.07) is 42.0. The number of hydrogen-bond donors (Lipinski definition) is 0. The first kappa shape index (κ1) is 29.4. The van der Waals surface area contributed by atoms with Crippen LogP contribution in [0.4, 0.5) is 0 Å². The SMILES string of the molecule is [2H]C([2H])(c1ccc(-c2ccnc(-c3[c-]cccc3)c2)cc1)C(C)(C)C.[Ir].[c-]1ccc2c(oc3c4ccncc4ccc23)c1-c1ccccn1.